The van der Waals surface area contributed by atoms with E-state index in [2.05, 4.69) is 10.5 Å². The minimum Gasteiger partial charge on any atom is -0.271 e. The molecule has 2 aromatic rings. The number of halogens is 2. The van der Waals surface area contributed by atoms with Gasteiger partial charge >= 0.3 is 0 Å². The molecule has 0 saturated heterocycles. The SMILES string of the molecule is CS(=O)(=O)N(CC(=O)N/N=C\c1cccs1)c1cc(Cl)cc(Cl)c1. The molecule has 1 aromatic carbocycles. The standard InChI is InChI=1S/C14H13Cl2N3O3S2/c1-24(21,22)19(12-6-10(15)5-11(16)7-12)9-14(20)18-17-8-13-3-2-4-23-13/h2-8H,9H2,1H3,(H,18,20)/b17-8-. The summed E-state index contributed by atoms with van der Waals surface area (Å²) in [6.45, 7) is -0.447. The lowest BCUT2D eigenvalue weighted by atomic mass is 10.3. The average Bonchev–Trinajstić information content (AvgIpc) is 2.95. The highest BCUT2D eigenvalue weighted by atomic mass is 35.5. The van der Waals surface area contributed by atoms with E-state index in [9.17, 15) is 13.2 Å². The van der Waals surface area contributed by atoms with Crippen LogP contribution in [0.15, 0.2) is 40.8 Å². The molecule has 10 heteroatoms. The number of rotatable bonds is 6. The zero-order valence-corrected chi connectivity index (χ0v) is 15.6. The minimum atomic E-state index is -3.71. The van der Waals surface area contributed by atoms with Gasteiger partial charge in [-0.15, -0.1) is 11.3 Å². The molecule has 1 aromatic heterocycles. The summed E-state index contributed by atoms with van der Waals surface area (Å²) in [6.07, 6.45) is 2.47. The molecule has 6 nitrogen and oxygen atoms in total. The van der Waals surface area contributed by atoms with Crippen LogP contribution < -0.4 is 9.73 Å². The molecule has 2 rings (SSSR count). The maximum Gasteiger partial charge on any atom is 0.260 e. The third-order valence-corrected chi connectivity index (χ3v) is 5.13. The Morgan fingerprint density at radius 2 is 2.00 bits per heavy atom. The topological polar surface area (TPSA) is 78.8 Å². The van der Waals surface area contributed by atoms with Crippen molar-refractivity contribution in [3.63, 3.8) is 0 Å². The molecule has 0 saturated carbocycles. The Hall–Kier alpha value is -1.61. The number of hydrogen-bond donors (Lipinski definition) is 1. The molecule has 0 unspecified atom stereocenters. The zero-order chi connectivity index (χ0) is 17.7. The number of benzene rings is 1. The molecular formula is C14H13Cl2N3O3S2. The Morgan fingerprint density at radius 1 is 1.33 bits per heavy atom. The molecule has 1 heterocycles. The number of carbonyl (C=O) groups excluding carboxylic acids is 1. The number of thiophene rings is 1. The van der Waals surface area contributed by atoms with E-state index in [1.54, 1.807) is 0 Å². The van der Waals surface area contributed by atoms with Gasteiger partial charge in [0.15, 0.2) is 0 Å². The smallest absolute Gasteiger partial charge is 0.260 e. The second-order valence-electron chi connectivity index (χ2n) is 4.71. The number of amides is 1. The summed E-state index contributed by atoms with van der Waals surface area (Å²) >= 11 is 13.2. The number of nitrogens with zero attached hydrogens (tertiary/aromatic N) is 2. The van der Waals surface area contributed by atoms with Gasteiger partial charge in [-0.25, -0.2) is 13.8 Å². The molecular weight excluding hydrogens is 393 g/mol. The van der Waals surface area contributed by atoms with Crippen LogP contribution in [-0.2, 0) is 14.8 Å². The van der Waals surface area contributed by atoms with Gasteiger partial charge < -0.3 is 0 Å². The maximum atomic E-state index is 12.0. The molecule has 0 aliphatic carbocycles. The number of carbonyl (C=O) groups is 1. The van der Waals surface area contributed by atoms with Gasteiger partial charge in [-0.1, -0.05) is 29.3 Å². The van der Waals surface area contributed by atoms with Gasteiger partial charge in [0.1, 0.15) is 6.54 Å². The lowest BCUT2D eigenvalue weighted by Gasteiger charge is -2.21. The van der Waals surface area contributed by atoms with Crippen molar-refractivity contribution in [1.82, 2.24) is 5.43 Å². The summed E-state index contributed by atoms with van der Waals surface area (Å²) in [6, 6.07) is 7.98. The molecule has 24 heavy (non-hydrogen) atoms. The number of anilines is 1. The second-order valence-corrected chi connectivity index (χ2v) is 8.46. The Kier molecular flexibility index (Phi) is 6.22. The lowest BCUT2D eigenvalue weighted by molar-refractivity contribution is -0.119. The first kappa shape index (κ1) is 18.7. The fourth-order valence-electron chi connectivity index (χ4n) is 1.78. The van der Waals surface area contributed by atoms with Crippen LogP contribution in [0.3, 0.4) is 0 Å². The van der Waals surface area contributed by atoms with Crippen LogP contribution >= 0.6 is 34.5 Å². The van der Waals surface area contributed by atoms with E-state index < -0.39 is 22.5 Å². The summed E-state index contributed by atoms with van der Waals surface area (Å²) in [5.74, 6) is -0.593. The van der Waals surface area contributed by atoms with Crippen molar-refractivity contribution in [1.29, 1.82) is 0 Å². The van der Waals surface area contributed by atoms with E-state index in [1.807, 2.05) is 17.5 Å². The van der Waals surface area contributed by atoms with Crippen LogP contribution in [0.4, 0.5) is 5.69 Å². The summed E-state index contributed by atoms with van der Waals surface area (Å²) < 4.78 is 24.9. The van der Waals surface area contributed by atoms with Gasteiger partial charge in [0, 0.05) is 14.9 Å². The fraction of sp³-hybridized carbons (Fsp3) is 0.143. The maximum absolute atomic E-state index is 12.0. The van der Waals surface area contributed by atoms with Gasteiger partial charge in [-0.2, -0.15) is 5.10 Å². The first-order chi connectivity index (χ1) is 11.3. The van der Waals surface area contributed by atoms with Gasteiger partial charge in [0.2, 0.25) is 10.0 Å². The van der Waals surface area contributed by atoms with E-state index in [1.165, 1.54) is 35.8 Å². The number of nitrogens with one attached hydrogen (secondary N) is 1. The molecule has 0 spiro atoms. The highest BCUT2D eigenvalue weighted by Gasteiger charge is 2.21. The Morgan fingerprint density at radius 3 is 2.54 bits per heavy atom. The lowest BCUT2D eigenvalue weighted by Crippen LogP contribution is -2.39. The zero-order valence-electron chi connectivity index (χ0n) is 12.4. The van der Waals surface area contributed by atoms with Gasteiger partial charge in [-0.3, -0.25) is 9.10 Å². The van der Waals surface area contributed by atoms with Gasteiger partial charge in [0.05, 0.1) is 18.2 Å². The quantitative estimate of drug-likeness (QED) is 0.592. The van der Waals surface area contributed by atoms with Crippen LogP contribution in [0.5, 0.6) is 0 Å². The van der Waals surface area contributed by atoms with Crippen LogP contribution in [0, 0.1) is 0 Å². The summed E-state index contributed by atoms with van der Waals surface area (Å²) in [7, 11) is -3.71. The van der Waals surface area contributed by atoms with Crippen LogP contribution in [0.25, 0.3) is 0 Å². The molecule has 128 valence electrons. The Bertz CT molecular complexity index is 832. The number of hydrazone groups is 1. The average molecular weight is 406 g/mol. The minimum absolute atomic E-state index is 0.201. The summed E-state index contributed by atoms with van der Waals surface area (Å²) in [5, 5.41) is 6.19. The molecule has 1 N–H and O–H groups in total. The number of sulfonamides is 1. The predicted octanol–water partition coefficient (Wildman–Crippen LogP) is 2.97. The monoisotopic (exact) mass is 405 g/mol. The molecule has 0 aliphatic heterocycles. The fourth-order valence-corrected chi connectivity index (χ4v) is 3.72. The number of hydrogen-bond acceptors (Lipinski definition) is 5. The van der Waals surface area contributed by atoms with E-state index in [0.29, 0.717) is 0 Å². The van der Waals surface area contributed by atoms with E-state index in [0.717, 1.165) is 15.4 Å². The summed E-state index contributed by atoms with van der Waals surface area (Å²) in [4.78, 5) is 12.8. The van der Waals surface area contributed by atoms with Gasteiger partial charge in [-0.05, 0) is 29.6 Å². The van der Waals surface area contributed by atoms with Crippen LogP contribution in [0.2, 0.25) is 10.0 Å². The van der Waals surface area contributed by atoms with Crippen molar-refractivity contribution in [2.45, 2.75) is 0 Å². The van der Waals surface area contributed by atoms with Crippen molar-refractivity contribution in [2.24, 2.45) is 5.10 Å². The molecule has 0 atom stereocenters. The first-order valence-corrected chi connectivity index (χ1v) is 10.0. The van der Waals surface area contributed by atoms with Crippen molar-refractivity contribution in [3.05, 3.63) is 50.6 Å². The van der Waals surface area contributed by atoms with Crippen molar-refractivity contribution < 1.29 is 13.2 Å². The molecule has 1 amide bonds. The largest absolute Gasteiger partial charge is 0.271 e. The van der Waals surface area contributed by atoms with Crippen LogP contribution in [0.1, 0.15) is 4.88 Å². The highest BCUT2D eigenvalue weighted by molar-refractivity contribution is 7.92. The normalized spacial score (nSPS) is 11.6. The molecule has 0 fully saturated rings. The third-order valence-electron chi connectivity index (χ3n) is 2.75. The highest BCUT2D eigenvalue weighted by Crippen LogP contribution is 2.26. The first-order valence-electron chi connectivity index (χ1n) is 6.55. The summed E-state index contributed by atoms with van der Waals surface area (Å²) in [5.41, 5.74) is 2.49. The second kappa shape index (κ2) is 7.98. The van der Waals surface area contributed by atoms with Crippen molar-refractivity contribution >= 4 is 62.4 Å². The Balaban J connectivity index is 2.13. The van der Waals surface area contributed by atoms with Gasteiger partial charge in [0.25, 0.3) is 5.91 Å². The van der Waals surface area contributed by atoms with Crippen molar-refractivity contribution in [2.75, 3.05) is 17.1 Å². The van der Waals surface area contributed by atoms with E-state index >= 15 is 0 Å². The van der Waals surface area contributed by atoms with E-state index in [4.69, 9.17) is 23.2 Å². The molecule has 0 radical (unpaired) electrons. The predicted molar refractivity (Wildman–Crippen MR) is 98.7 cm³/mol. The van der Waals surface area contributed by atoms with E-state index in [-0.39, 0.29) is 15.7 Å². The Labute approximate surface area is 153 Å². The molecule has 0 aliphatic rings. The third kappa shape index (κ3) is 5.48. The van der Waals surface area contributed by atoms with Crippen molar-refractivity contribution in [3.8, 4) is 0 Å². The van der Waals surface area contributed by atoms with Crippen LogP contribution in [-0.4, -0.2) is 33.3 Å². The molecule has 0 bridgehead atoms.